The molecule has 0 amide bonds. The molecule has 0 aliphatic carbocycles. The van der Waals surface area contributed by atoms with Crippen molar-refractivity contribution >= 4 is 15.9 Å². The van der Waals surface area contributed by atoms with Crippen LogP contribution in [0.5, 0.6) is 11.5 Å². The SMILES string of the molecule is COc1ccc(Cc2ccc(OC)cc2Br)cc1. The van der Waals surface area contributed by atoms with Crippen molar-refractivity contribution in [3.63, 3.8) is 0 Å². The van der Waals surface area contributed by atoms with Gasteiger partial charge >= 0.3 is 0 Å². The Morgan fingerprint density at radius 2 is 1.50 bits per heavy atom. The third kappa shape index (κ3) is 3.05. The third-order valence-electron chi connectivity index (χ3n) is 2.81. The van der Waals surface area contributed by atoms with Crippen molar-refractivity contribution in [3.05, 3.63) is 58.1 Å². The van der Waals surface area contributed by atoms with Gasteiger partial charge in [-0.3, -0.25) is 0 Å². The summed E-state index contributed by atoms with van der Waals surface area (Å²) in [6.45, 7) is 0. The fourth-order valence-corrected chi connectivity index (χ4v) is 2.26. The van der Waals surface area contributed by atoms with Gasteiger partial charge in [0.15, 0.2) is 0 Å². The third-order valence-corrected chi connectivity index (χ3v) is 3.55. The molecule has 0 radical (unpaired) electrons. The number of methoxy groups -OCH3 is 2. The Balaban J connectivity index is 2.17. The summed E-state index contributed by atoms with van der Waals surface area (Å²) in [5.74, 6) is 1.74. The van der Waals surface area contributed by atoms with Crippen LogP contribution in [-0.4, -0.2) is 14.2 Å². The average Bonchev–Trinajstić information content (AvgIpc) is 2.42. The van der Waals surface area contributed by atoms with Crippen LogP contribution < -0.4 is 9.47 Å². The van der Waals surface area contributed by atoms with Crippen LogP contribution in [0.15, 0.2) is 46.9 Å². The molecule has 0 atom stereocenters. The summed E-state index contributed by atoms with van der Waals surface area (Å²) in [6, 6.07) is 14.2. The molecule has 0 aliphatic heterocycles. The number of hydrogen-bond acceptors (Lipinski definition) is 2. The summed E-state index contributed by atoms with van der Waals surface area (Å²) in [7, 11) is 3.35. The van der Waals surface area contributed by atoms with Gasteiger partial charge in [-0.1, -0.05) is 34.1 Å². The quantitative estimate of drug-likeness (QED) is 0.848. The lowest BCUT2D eigenvalue weighted by Crippen LogP contribution is -1.91. The Morgan fingerprint density at radius 3 is 2.06 bits per heavy atom. The fraction of sp³-hybridized carbons (Fsp3) is 0.200. The largest absolute Gasteiger partial charge is 0.497 e. The van der Waals surface area contributed by atoms with Gasteiger partial charge in [-0.05, 0) is 41.8 Å². The second kappa shape index (κ2) is 5.91. The van der Waals surface area contributed by atoms with Gasteiger partial charge in [0.1, 0.15) is 11.5 Å². The van der Waals surface area contributed by atoms with Crippen LogP contribution in [0.2, 0.25) is 0 Å². The van der Waals surface area contributed by atoms with Crippen molar-refractivity contribution in [1.82, 2.24) is 0 Å². The molecule has 18 heavy (non-hydrogen) atoms. The molecule has 2 nitrogen and oxygen atoms in total. The maximum absolute atomic E-state index is 5.18. The molecule has 2 rings (SSSR count). The minimum Gasteiger partial charge on any atom is -0.497 e. The normalized spacial score (nSPS) is 10.2. The zero-order chi connectivity index (χ0) is 13.0. The van der Waals surface area contributed by atoms with Gasteiger partial charge in [0, 0.05) is 4.47 Å². The van der Waals surface area contributed by atoms with Crippen LogP contribution >= 0.6 is 15.9 Å². The molecule has 0 N–H and O–H groups in total. The molecular formula is C15H15BrO2. The van der Waals surface area contributed by atoms with Crippen LogP contribution in [0, 0.1) is 0 Å². The number of hydrogen-bond donors (Lipinski definition) is 0. The number of benzene rings is 2. The minimum atomic E-state index is 0.861. The van der Waals surface area contributed by atoms with Crippen LogP contribution in [0.3, 0.4) is 0 Å². The molecule has 0 bridgehead atoms. The first-order valence-corrected chi connectivity index (χ1v) is 6.47. The smallest absolute Gasteiger partial charge is 0.120 e. The lowest BCUT2D eigenvalue weighted by molar-refractivity contribution is 0.414. The summed E-state index contributed by atoms with van der Waals surface area (Å²) >= 11 is 3.57. The highest BCUT2D eigenvalue weighted by atomic mass is 79.9. The molecule has 2 aromatic carbocycles. The van der Waals surface area contributed by atoms with Gasteiger partial charge in [-0.25, -0.2) is 0 Å². The predicted octanol–water partition coefficient (Wildman–Crippen LogP) is 4.06. The van der Waals surface area contributed by atoms with Crippen molar-refractivity contribution < 1.29 is 9.47 Å². The minimum absolute atomic E-state index is 0.861. The molecule has 0 saturated carbocycles. The molecular weight excluding hydrogens is 292 g/mol. The first-order chi connectivity index (χ1) is 8.72. The topological polar surface area (TPSA) is 18.5 Å². The van der Waals surface area contributed by atoms with Gasteiger partial charge in [0.25, 0.3) is 0 Å². The van der Waals surface area contributed by atoms with Gasteiger partial charge in [0.2, 0.25) is 0 Å². The monoisotopic (exact) mass is 306 g/mol. The van der Waals surface area contributed by atoms with Crippen molar-refractivity contribution in [2.75, 3.05) is 14.2 Å². The Hall–Kier alpha value is -1.48. The number of rotatable bonds is 4. The second-order valence-electron chi connectivity index (χ2n) is 3.98. The van der Waals surface area contributed by atoms with Crippen molar-refractivity contribution in [2.45, 2.75) is 6.42 Å². The van der Waals surface area contributed by atoms with E-state index in [0.29, 0.717) is 0 Å². The van der Waals surface area contributed by atoms with Gasteiger partial charge in [0.05, 0.1) is 14.2 Å². The van der Waals surface area contributed by atoms with Crippen LogP contribution in [0.1, 0.15) is 11.1 Å². The molecule has 0 fully saturated rings. The van der Waals surface area contributed by atoms with E-state index in [9.17, 15) is 0 Å². The Bertz CT molecular complexity index is 521. The lowest BCUT2D eigenvalue weighted by Gasteiger charge is -2.08. The summed E-state index contributed by atoms with van der Waals surface area (Å²) in [4.78, 5) is 0. The summed E-state index contributed by atoms with van der Waals surface area (Å²) in [5.41, 5.74) is 2.49. The van der Waals surface area contributed by atoms with Gasteiger partial charge < -0.3 is 9.47 Å². The van der Waals surface area contributed by atoms with Crippen LogP contribution in [-0.2, 0) is 6.42 Å². The van der Waals surface area contributed by atoms with E-state index in [1.165, 1.54) is 11.1 Å². The average molecular weight is 307 g/mol. The molecule has 94 valence electrons. The molecule has 2 aromatic rings. The fourth-order valence-electron chi connectivity index (χ4n) is 1.76. The molecule has 0 aromatic heterocycles. The molecule has 0 saturated heterocycles. The van der Waals surface area contributed by atoms with E-state index in [4.69, 9.17) is 9.47 Å². The Morgan fingerprint density at radius 1 is 0.889 bits per heavy atom. The molecule has 0 unspecified atom stereocenters. The van der Waals surface area contributed by atoms with E-state index in [1.54, 1.807) is 14.2 Å². The summed E-state index contributed by atoms with van der Waals surface area (Å²) in [6.07, 6.45) is 0.884. The van der Waals surface area contributed by atoms with Crippen LogP contribution in [0.4, 0.5) is 0 Å². The van der Waals surface area contributed by atoms with Crippen LogP contribution in [0.25, 0.3) is 0 Å². The van der Waals surface area contributed by atoms with Gasteiger partial charge in [-0.2, -0.15) is 0 Å². The van der Waals surface area contributed by atoms with E-state index in [-0.39, 0.29) is 0 Å². The Labute approximate surface area is 116 Å². The van der Waals surface area contributed by atoms with E-state index in [1.807, 2.05) is 24.3 Å². The number of ether oxygens (including phenoxy) is 2. The first-order valence-electron chi connectivity index (χ1n) is 5.68. The highest BCUT2D eigenvalue weighted by Crippen LogP contribution is 2.25. The van der Waals surface area contributed by atoms with E-state index >= 15 is 0 Å². The zero-order valence-electron chi connectivity index (χ0n) is 10.4. The molecule has 3 heteroatoms. The maximum Gasteiger partial charge on any atom is 0.120 e. The summed E-state index contributed by atoms with van der Waals surface area (Å²) in [5, 5.41) is 0. The standard InChI is InChI=1S/C15H15BrO2/c1-17-13-6-3-11(4-7-13)9-12-5-8-14(18-2)10-15(12)16/h3-8,10H,9H2,1-2H3. The predicted molar refractivity (Wildman–Crippen MR) is 76.5 cm³/mol. The van der Waals surface area contributed by atoms with Crippen molar-refractivity contribution in [1.29, 1.82) is 0 Å². The second-order valence-corrected chi connectivity index (χ2v) is 4.84. The van der Waals surface area contributed by atoms with E-state index in [2.05, 4.69) is 34.1 Å². The zero-order valence-corrected chi connectivity index (χ0v) is 12.0. The highest BCUT2D eigenvalue weighted by Gasteiger charge is 2.03. The first kappa shape index (κ1) is 13.0. The maximum atomic E-state index is 5.18. The Kier molecular flexibility index (Phi) is 4.26. The van der Waals surface area contributed by atoms with Crippen molar-refractivity contribution in [2.24, 2.45) is 0 Å². The molecule has 0 heterocycles. The highest BCUT2D eigenvalue weighted by molar-refractivity contribution is 9.10. The van der Waals surface area contributed by atoms with E-state index in [0.717, 1.165) is 22.4 Å². The lowest BCUT2D eigenvalue weighted by atomic mass is 10.0. The molecule has 0 spiro atoms. The van der Waals surface area contributed by atoms with Crippen molar-refractivity contribution in [3.8, 4) is 11.5 Å². The summed E-state index contributed by atoms with van der Waals surface area (Å²) < 4.78 is 11.4. The molecule has 0 aliphatic rings. The number of halogens is 1. The van der Waals surface area contributed by atoms with E-state index < -0.39 is 0 Å². The van der Waals surface area contributed by atoms with Gasteiger partial charge in [-0.15, -0.1) is 0 Å².